The number of amides is 1. The summed E-state index contributed by atoms with van der Waals surface area (Å²) in [6, 6.07) is 16.3. The lowest BCUT2D eigenvalue weighted by Gasteiger charge is -2.32. The first-order valence-corrected chi connectivity index (χ1v) is 10.1. The van der Waals surface area contributed by atoms with Crippen LogP contribution in [0.15, 0.2) is 67.1 Å². The molecule has 1 saturated heterocycles. The lowest BCUT2D eigenvalue weighted by atomic mass is 9.90. The minimum atomic E-state index is -0.240. The van der Waals surface area contributed by atoms with Crippen LogP contribution in [-0.2, 0) is 13.0 Å². The fourth-order valence-electron chi connectivity index (χ4n) is 3.68. The van der Waals surface area contributed by atoms with Crippen LogP contribution in [0.1, 0.15) is 34.6 Å². The number of carbonyl (C=O) groups is 1. The van der Waals surface area contributed by atoms with Crippen molar-refractivity contribution in [2.24, 2.45) is 5.92 Å². The molecule has 0 aliphatic carbocycles. The molecule has 2 aromatic heterocycles. The number of carbonyl (C=O) groups excluding carboxylic acids is 1. The summed E-state index contributed by atoms with van der Waals surface area (Å²) in [7, 11) is 0. The minimum Gasteiger partial charge on any atom is -0.355 e. The molecule has 1 N–H and O–H groups in total. The Labute approximate surface area is 171 Å². The van der Waals surface area contributed by atoms with E-state index in [-0.39, 0.29) is 5.91 Å². The molecule has 1 amide bonds. The summed E-state index contributed by atoms with van der Waals surface area (Å²) < 4.78 is 0. The smallest absolute Gasteiger partial charge is 0.271 e. The van der Waals surface area contributed by atoms with E-state index in [1.807, 2.05) is 18.2 Å². The zero-order chi connectivity index (χ0) is 19.9. The van der Waals surface area contributed by atoms with Gasteiger partial charge in [0.2, 0.25) is 0 Å². The topological polar surface area (TPSA) is 71.0 Å². The van der Waals surface area contributed by atoms with E-state index in [0.717, 1.165) is 43.9 Å². The van der Waals surface area contributed by atoms with Gasteiger partial charge >= 0.3 is 0 Å². The quantitative estimate of drug-likeness (QED) is 0.703. The predicted octanol–water partition coefficient (Wildman–Crippen LogP) is 3.26. The Morgan fingerprint density at radius 3 is 2.45 bits per heavy atom. The van der Waals surface area contributed by atoms with Crippen LogP contribution >= 0.6 is 0 Å². The fraction of sp³-hybridized carbons (Fsp3) is 0.304. The number of piperidine rings is 1. The Morgan fingerprint density at radius 2 is 1.76 bits per heavy atom. The lowest BCUT2D eigenvalue weighted by Crippen LogP contribution is -2.35. The Kier molecular flexibility index (Phi) is 6.10. The van der Waals surface area contributed by atoms with Crippen molar-refractivity contribution in [3.8, 4) is 0 Å². The van der Waals surface area contributed by atoms with Gasteiger partial charge in [0.05, 0.1) is 24.6 Å². The summed E-state index contributed by atoms with van der Waals surface area (Å²) in [6.07, 6.45) is 8.38. The summed E-state index contributed by atoms with van der Waals surface area (Å²) in [6.45, 7) is 2.31. The molecule has 0 bridgehead atoms. The van der Waals surface area contributed by atoms with Crippen LogP contribution in [-0.4, -0.2) is 33.9 Å². The van der Waals surface area contributed by atoms with Gasteiger partial charge in [-0.25, -0.2) is 9.97 Å². The number of aromatic nitrogens is 3. The van der Waals surface area contributed by atoms with Crippen molar-refractivity contribution >= 4 is 11.7 Å². The van der Waals surface area contributed by atoms with Crippen molar-refractivity contribution < 1.29 is 4.79 Å². The second-order valence-corrected chi connectivity index (χ2v) is 7.38. The van der Waals surface area contributed by atoms with Crippen molar-refractivity contribution in [2.45, 2.75) is 25.8 Å². The number of anilines is 1. The minimum absolute atomic E-state index is 0.240. The zero-order valence-electron chi connectivity index (χ0n) is 16.4. The van der Waals surface area contributed by atoms with Gasteiger partial charge in [-0.2, -0.15) is 0 Å². The van der Waals surface area contributed by atoms with Gasteiger partial charge in [-0.15, -0.1) is 0 Å². The van der Waals surface area contributed by atoms with E-state index in [0.29, 0.717) is 18.2 Å². The lowest BCUT2D eigenvalue weighted by molar-refractivity contribution is 0.0945. The van der Waals surface area contributed by atoms with Crippen molar-refractivity contribution in [1.29, 1.82) is 0 Å². The zero-order valence-corrected chi connectivity index (χ0v) is 16.4. The van der Waals surface area contributed by atoms with Gasteiger partial charge < -0.3 is 10.2 Å². The molecule has 3 aromatic rings. The average molecular weight is 387 g/mol. The summed E-state index contributed by atoms with van der Waals surface area (Å²) in [5.41, 5.74) is 2.54. The molecule has 1 aliphatic rings. The molecule has 1 aliphatic heterocycles. The molecule has 1 fully saturated rings. The van der Waals surface area contributed by atoms with Crippen LogP contribution in [0.4, 0.5) is 5.82 Å². The molecule has 4 rings (SSSR count). The molecular weight excluding hydrogens is 362 g/mol. The van der Waals surface area contributed by atoms with Gasteiger partial charge in [0.1, 0.15) is 11.5 Å². The van der Waals surface area contributed by atoms with Crippen LogP contribution in [0.2, 0.25) is 0 Å². The molecule has 0 radical (unpaired) electrons. The van der Waals surface area contributed by atoms with Crippen LogP contribution in [0.25, 0.3) is 0 Å². The maximum Gasteiger partial charge on any atom is 0.271 e. The Morgan fingerprint density at radius 1 is 0.966 bits per heavy atom. The largest absolute Gasteiger partial charge is 0.355 e. The van der Waals surface area contributed by atoms with Crippen molar-refractivity contribution in [2.75, 3.05) is 18.0 Å². The molecular formula is C23H25N5O. The maximum absolute atomic E-state index is 12.3. The molecule has 6 nitrogen and oxygen atoms in total. The molecule has 0 spiro atoms. The third kappa shape index (κ3) is 5.16. The van der Waals surface area contributed by atoms with Gasteiger partial charge in [-0.1, -0.05) is 36.4 Å². The number of pyridine rings is 1. The highest BCUT2D eigenvalue weighted by molar-refractivity contribution is 5.91. The third-order valence-corrected chi connectivity index (χ3v) is 5.33. The van der Waals surface area contributed by atoms with E-state index in [1.165, 1.54) is 5.56 Å². The number of nitrogens with one attached hydrogen (secondary N) is 1. The maximum atomic E-state index is 12.3. The normalized spacial score (nSPS) is 14.6. The standard InChI is InChI=1S/C23H25N5O/c29-23(27-15-20-8-4-5-11-24-20)21-16-26-22(17-25-21)28-12-9-19(10-13-28)14-18-6-2-1-3-7-18/h1-8,11,16-17,19H,9-10,12-15H2,(H,27,29). The van der Waals surface area contributed by atoms with Crippen LogP contribution < -0.4 is 10.2 Å². The number of hydrogen-bond acceptors (Lipinski definition) is 5. The highest BCUT2D eigenvalue weighted by Gasteiger charge is 2.21. The molecule has 0 atom stereocenters. The van der Waals surface area contributed by atoms with E-state index < -0.39 is 0 Å². The second-order valence-electron chi connectivity index (χ2n) is 7.38. The average Bonchev–Trinajstić information content (AvgIpc) is 2.79. The van der Waals surface area contributed by atoms with Crippen LogP contribution in [0, 0.1) is 5.92 Å². The van der Waals surface area contributed by atoms with Gasteiger partial charge in [0, 0.05) is 19.3 Å². The molecule has 148 valence electrons. The van der Waals surface area contributed by atoms with E-state index in [9.17, 15) is 4.79 Å². The number of nitrogens with zero attached hydrogens (tertiary/aromatic N) is 4. The summed E-state index contributed by atoms with van der Waals surface area (Å²) >= 11 is 0. The summed E-state index contributed by atoms with van der Waals surface area (Å²) in [5.74, 6) is 1.30. The van der Waals surface area contributed by atoms with E-state index in [1.54, 1.807) is 18.6 Å². The molecule has 0 unspecified atom stereocenters. The van der Waals surface area contributed by atoms with Gasteiger partial charge in [-0.3, -0.25) is 9.78 Å². The molecule has 6 heteroatoms. The molecule has 29 heavy (non-hydrogen) atoms. The Bertz CT molecular complexity index is 907. The summed E-state index contributed by atoms with van der Waals surface area (Å²) in [4.78, 5) is 27.5. The Hall–Kier alpha value is -3.28. The van der Waals surface area contributed by atoms with Crippen molar-refractivity contribution in [1.82, 2.24) is 20.3 Å². The third-order valence-electron chi connectivity index (χ3n) is 5.33. The van der Waals surface area contributed by atoms with Crippen LogP contribution in [0.3, 0.4) is 0 Å². The van der Waals surface area contributed by atoms with Crippen molar-refractivity contribution in [3.63, 3.8) is 0 Å². The van der Waals surface area contributed by atoms with E-state index in [2.05, 4.69) is 55.5 Å². The SMILES string of the molecule is O=C(NCc1ccccn1)c1cnc(N2CCC(Cc3ccccc3)CC2)cn1. The number of hydrogen-bond donors (Lipinski definition) is 1. The number of benzene rings is 1. The summed E-state index contributed by atoms with van der Waals surface area (Å²) in [5, 5.41) is 2.83. The van der Waals surface area contributed by atoms with Gasteiger partial charge in [0.15, 0.2) is 0 Å². The monoisotopic (exact) mass is 387 g/mol. The highest BCUT2D eigenvalue weighted by Crippen LogP contribution is 2.24. The molecule has 0 saturated carbocycles. The Balaban J connectivity index is 1.27. The first kappa shape index (κ1) is 19.1. The van der Waals surface area contributed by atoms with E-state index >= 15 is 0 Å². The predicted molar refractivity (Wildman–Crippen MR) is 113 cm³/mol. The first-order valence-electron chi connectivity index (χ1n) is 10.1. The highest BCUT2D eigenvalue weighted by atomic mass is 16.1. The fourth-order valence-corrected chi connectivity index (χ4v) is 3.68. The van der Waals surface area contributed by atoms with Gasteiger partial charge in [-0.05, 0) is 42.9 Å². The van der Waals surface area contributed by atoms with Gasteiger partial charge in [0.25, 0.3) is 5.91 Å². The number of rotatable bonds is 6. The van der Waals surface area contributed by atoms with Crippen LogP contribution in [0.5, 0.6) is 0 Å². The van der Waals surface area contributed by atoms with Crippen molar-refractivity contribution in [3.05, 3.63) is 84.1 Å². The molecule has 1 aromatic carbocycles. The molecule has 3 heterocycles. The van der Waals surface area contributed by atoms with E-state index in [4.69, 9.17) is 0 Å². The second kappa shape index (κ2) is 9.28. The first-order chi connectivity index (χ1) is 14.3.